The van der Waals surface area contributed by atoms with Crippen molar-refractivity contribution in [3.63, 3.8) is 0 Å². The van der Waals surface area contributed by atoms with E-state index in [9.17, 15) is 9.59 Å². The number of benzene rings is 2. The van der Waals surface area contributed by atoms with Crippen LogP contribution in [-0.2, 0) is 16.1 Å². The molecule has 0 aliphatic carbocycles. The highest BCUT2D eigenvalue weighted by Crippen LogP contribution is 2.17. The lowest BCUT2D eigenvalue weighted by Crippen LogP contribution is -2.48. The van der Waals surface area contributed by atoms with Gasteiger partial charge in [-0.3, -0.25) is 9.59 Å². The van der Waals surface area contributed by atoms with E-state index >= 15 is 0 Å². The van der Waals surface area contributed by atoms with Gasteiger partial charge in [-0.05, 0) is 56.0 Å². The third kappa shape index (κ3) is 8.25. The van der Waals surface area contributed by atoms with Crippen LogP contribution in [0.5, 0.6) is 11.5 Å². The molecule has 2 aromatic carbocycles. The maximum Gasteiger partial charge on any atom is 0.242 e. The number of carbonyl (C=O) groups is 2. The molecular formula is C26H36N2O4. The minimum absolute atomic E-state index is 0.0764. The topological polar surface area (TPSA) is 67.9 Å². The number of nitrogens with zero attached hydrogens (tertiary/aromatic N) is 1. The second kappa shape index (κ2) is 12.7. The molecule has 0 unspecified atom stereocenters. The van der Waals surface area contributed by atoms with Crippen LogP contribution in [-0.4, -0.2) is 43.0 Å². The fourth-order valence-corrected chi connectivity index (χ4v) is 3.19. The second-order valence-electron chi connectivity index (χ2n) is 8.45. The summed E-state index contributed by atoms with van der Waals surface area (Å²) in [5.41, 5.74) is 2.09. The van der Waals surface area contributed by atoms with E-state index in [1.165, 1.54) is 5.56 Å². The Balaban J connectivity index is 2.01. The smallest absolute Gasteiger partial charge is 0.242 e. The Bertz CT molecular complexity index is 864. The summed E-state index contributed by atoms with van der Waals surface area (Å²) in [6, 6.07) is 14.8. The van der Waals surface area contributed by atoms with Gasteiger partial charge in [-0.1, -0.05) is 43.7 Å². The largest absolute Gasteiger partial charge is 0.497 e. The Morgan fingerprint density at radius 3 is 2.41 bits per heavy atom. The summed E-state index contributed by atoms with van der Waals surface area (Å²) >= 11 is 0. The van der Waals surface area contributed by atoms with Crippen LogP contribution >= 0.6 is 0 Å². The molecule has 2 rings (SSSR count). The van der Waals surface area contributed by atoms with Crippen LogP contribution in [0.25, 0.3) is 0 Å². The van der Waals surface area contributed by atoms with Gasteiger partial charge in [-0.25, -0.2) is 0 Å². The molecule has 0 radical (unpaired) electrons. The van der Waals surface area contributed by atoms with Gasteiger partial charge in [-0.15, -0.1) is 0 Å². The van der Waals surface area contributed by atoms with Gasteiger partial charge < -0.3 is 19.7 Å². The lowest BCUT2D eigenvalue weighted by Gasteiger charge is -2.29. The van der Waals surface area contributed by atoms with E-state index in [-0.39, 0.29) is 11.8 Å². The van der Waals surface area contributed by atoms with Gasteiger partial charge in [-0.2, -0.15) is 0 Å². The van der Waals surface area contributed by atoms with E-state index in [1.54, 1.807) is 18.9 Å². The first-order valence-corrected chi connectivity index (χ1v) is 11.2. The maximum absolute atomic E-state index is 13.1. The van der Waals surface area contributed by atoms with Crippen molar-refractivity contribution in [3.8, 4) is 11.5 Å². The zero-order valence-electron chi connectivity index (χ0n) is 19.9. The molecule has 0 fully saturated rings. The monoisotopic (exact) mass is 440 g/mol. The Kier molecular flexibility index (Phi) is 10.1. The third-order valence-electron chi connectivity index (χ3n) is 5.16. The van der Waals surface area contributed by atoms with Crippen molar-refractivity contribution in [2.45, 2.75) is 53.1 Å². The van der Waals surface area contributed by atoms with Gasteiger partial charge in [0.2, 0.25) is 11.8 Å². The molecule has 2 amide bonds. The maximum atomic E-state index is 13.1. The Morgan fingerprint density at radius 2 is 1.75 bits per heavy atom. The molecule has 0 aliphatic rings. The average molecular weight is 441 g/mol. The first-order valence-electron chi connectivity index (χ1n) is 11.2. The number of aryl methyl sites for hydroxylation is 1. The Hall–Kier alpha value is -3.02. The molecule has 0 bridgehead atoms. The zero-order valence-corrected chi connectivity index (χ0v) is 19.9. The third-order valence-corrected chi connectivity index (χ3v) is 5.16. The number of nitrogens with one attached hydrogen (secondary N) is 1. The van der Waals surface area contributed by atoms with Crippen molar-refractivity contribution >= 4 is 11.8 Å². The molecule has 174 valence electrons. The van der Waals surface area contributed by atoms with Crippen molar-refractivity contribution in [2.24, 2.45) is 5.92 Å². The van der Waals surface area contributed by atoms with Crippen LogP contribution in [0.1, 0.15) is 44.7 Å². The van der Waals surface area contributed by atoms with Crippen LogP contribution in [0.2, 0.25) is 0 Å². The number of methoxy groups -OCH3 is 1. The summed E-state index contributed by atoms with van der Waals surface area (Å²) in [6.45, 7) is 9.24. The van der Waals surface area contributed by atoms with Gasteiger partial charge in [0.05, 0.1) is 13.7 Å². The summed E-state index contributed by atoms with van der Waals surface area (Å²) in [6.07, 6.45) is 0.874. The highest BCUT2D eigenvalue weighted by atomic mass is 16.5. The first-order chi connectivity index (χ1) is 15.3. The molecule has 0 aliphatic heterocycles. The van der Waals surface area contributed by atoms with E-state index in [4.69, 9.17) is 9.47 Å². The number of hydrogen-bond acceptors (Lipinski definition) is 4. The molecule has 0 spiro atoms. The van der Waals surface area contributed by atoms with Crippen LogP contribution in [0, 0.1) is 12.8 Å². The lowest BCUT2D eigenvalue weighted by molar-refractivity contribution is -0.140. The second-order valence-corrected chi connectivity index (χ2v) is 8.45. The fourth-order valence-electron chi connectivity index (χ4n) is 3.19. The summed E-state index contributed by atoms with van der Waals surface area (Å²) < 4.78 is 11.0. The molecule has 1 atom stereocenters. The summed E-state index contributed by atoms with van der Waals surface area (Å²) in [7, 11) is 1.61. The van der Waals surface area contributed by atoms with E-state index in [1.807, 2.05) is 69.3 Å². The quantitative estimate of drug-likeness (QED) is 0.498. The van der Waals surface area contributed by atoms with Crippen molar-refractivity contribution in [2.75, 3.05) is 20.3 Å². The van der Waals surface area contributed by atoms with E-state index in [2.05, 4.69) is 5.32 Å². The Labute approximate surface area is 191 Å². The normalized spacial score (nSPS) is 11.7. The van der Waals surface area contributed by atoms with Gasteiger partial charge in [0, 0.05) is 19.5 Å². The molecular weight excluding hydrogens is 404 g/mol. The van der Waals surface area contributed by atoms with Crippen molar-refractivity contribution < 1.29 is 19.1 Å². The number of amides is 2. The summed E-state index contributed by atoms with van der Waals surface area (Å²) in [5, 5.41) is 2.94. The summed E-state index contributed by atoms with van der Waals surface area (Å²) in [4.78, 5) is 27.4. The highest BCUT2D eigenvalue weighted by Gasteiger charge is 2.26. The zero-order chi connectivity index (χ0) is 23.5. The molecule has 0 saturated heterocycles. The van der Waals surface area contributed by atoms with E-state index in [0.717, 1.165) is 17.1 Å². The predicted molar refractivity (Wildman–Crippen MR) is 127 cm³/mol. The van der Waals surface area contributed by atoms with Gasteiger partial charge in [0.15, 0.2) is 0 Å². The molecule has 6 heteroatoms. The van der Waals surface area contributed by atoms with Crippen molar-refractivity contribution in [3.05, 3.63) is 59.7 Å². The SMILES string of the molecule is COc1cccc(CN(C(=O)CCCOc2ccc(C)cc2)[C@H](C)C(=O)NCC(C)C)c1. The molecule has 32 heavy (non-hydrogen) atoms. The van der Waals surface area contributed by atoms with E-state index in [0.29, 0.717) is 38.5 Å². The van der Waals surface area contributed by atoms with Crippen molar-refractivity contribution in [1.29, 1.82) is 0 Å². The number of ether oxygens (including phenoxy) is 2. The fraction of sp³-hybridized carbons (Fsp3) is 0.462. The van der Waals surface area contributed by atoms with Gasteiger partial charge in [0.1, 0.15) is 17.5 Å². The molecule has 0 heterocycles. The summed E-state index contributed by atoms with van der Waals surface area (Å²) in [5.74, 6) is 1.63. The molecule has 6 nitrogen and oxygen atoms in total. The van der Waals surface area contributed by atoms with Gasteiger partial charge in [0.25, 0.3) is 0 Å². The molecule has 2 aromatic rings. The van der Waals surface area contributed by atoms with Crippen LogP contribution in [0.3, 0.4) is 0 Å². The standard InChI is InChI=1S/C26H36N2O4/c1-19(2)17-27-26(30)21(4)28(18-22-8-6-9-24(16-22)31-5)25(29)10-7-15-32-23-13-11-20(3)12-14-23/h6,8-9,11-14,16,19,21H,7,10,15,17-18H2,1-5H3,(H,27,30)/t21-/m1/s1. The molecule has 0 saturated carbocycles. The highest BCUT2D eigenvalue weighted by molar-refractivity contribution is 5.87. The lowest BCUT2D eigenvalue weighted by atomic mass is 10.1. The minimum atomic E-state index is -0.578. The number of rotatable bonds is 12. The predicted octanol–water partition coefficient (Wildman–Crippen LogP) is 4.35. The first kappa shape index (κ1) is 25.2. The Morgan fingerprint density at radius 1 is 1.03 bits per heavy atom. The number of carbonyl (C=O) groups excluding carboxylic acids is 2. The average Bonchev–Trinajstić information content (AvgIpc) is 2.79. The van der Waals surface area contributed by atoms with E-state index < -0.39 is 6.04 Å². The van der Waals surface area contributed by atoms with Gasteiger partial charge >= 0.3 is 0 Å². The number of hydrogen-bond donors (Lipinski definition) is 1. The molecule has 0 aromatic heterocycles. The van der Waals surface area contributed by atoms with Crippen LogP contribution in [0.4, 0.5) is 0 Å². The molecule has 1 N–H and O–H groups in total. The minimum Gasteiger partial charge on any atom is -0.497 e. The van der Waals surface area contributed by atoms with Crippen LogP contribution < -0.4 is 14.8 Å². The van der Waals surface area contributed by atoms with Crippen molar-refractivity contribution in [1.82, 2.24) is 10.2 Å². The van der Waals surface area contributed by atoms with Crippen LogP contribution in [0.15, 0.2) is 48.5 Å².